The Morgan fingerprint density at radius 1 is 1.29 bits per heavy atom. The minimum absolute atomic E-state index is 0.104. The van der Waals surface area contributed by atoms with Gasteiger partial charge in [-0.25, -0.2) is 0 Å². The minimum Gasteiger partial charge on any atom is -0.478 e. The summed E-state index contributed by atoms with van der Waals surface area (Å²) >= 11 is 0. The lowest BCUT2D eigenvalue weighted by Crippen LogP contribution is -2.15. The Labute approximate surface area is 103 Å². The first-order valence-electron chi connectivity index (χ1n) is 6.17. The van der Waals surface area contributed by atoms with E-state index in [0.717, 1.165) is 24.4 Å². The van der Waals surface area contributed by atoms with E-state index < -0.39 is 0 Å². The first kappa shape index (κ1) is 13.5. The van der Waals surface area contributed by atoms with Gasteiger partial charge in [-0.15, -0.1) is 0 Å². The maximum absolute atomic E-state index is 8.50. The van der Waals surface area contributed by atoms with Gasteiger partial charge in [0, 0.05) is 12.1 Å². The first-order valence-corrected chi connectivity index (χ1v) is 6.17. The molecule has 0 saturated carbocycles. The van der Waals surface area contributed by atoms with Gasteiger partial charge in [0.25, 0.3) is 0 Å². The van der Waals surface area contributed by atoms with Gasteiger partial charge in [0.05, 0.1) is 0 Å². The molecule has 0 heterocycles. The molecule has 0 saturated heterocycles. The van der Waals surface area contributed by atoms with E-state index in [4.69, 9.17) is 10.00 Å². The van der Waals surface area contributed by atoms with Crippen LogP contribution >= 0.6 is 0 Å². The lowest BCUT2D eigenvalue weighted by Gasteiger charge is -2.10. The van der Waals surface area contributed by atoms with E-state index >= 15 is 0 Å². The van der Waals surface area contributed by atoms with Gasteiger partial charge in [-0.2, -0.15) is 5.26 Å². The van der Waals surface area contributed by atoms with Crippen molar-refractivity contribution >= 4 is 0 Å². The predicted octanol–water partition coefficient (Wildman–Crippen LogP) is 2.87. The Balaban J connectivity index is 2.38. The van der Waals surface area contributed by atoms with Gasteiger partial charge in [-0.3, -0.25) is 0 Å². The van der Waals surface area contributed by atoms with Crippen LogP contribution in [0.2, 0.25) is 0 Å². The van der Waals surface area contributed by atoms with Crippen LogP contribution < -0.4 is 10.1 Å². The molecule has 0 aliphatic heterocycles. The molecular formula is C14H20N2O. The largest absolute Gasteiger partial charge is 0.478 e. The summed E-state index contributed by atoms with van der Waals surface area (Å²) in [7, 11) is 0. The monoisotopic (exact) mass is 232 g/mol. The Morgan fingerprint density at radius 2 is 2.12 bits per heavy atom. The van der Waals surface area contributed by atoms with Crippen LogP contribution in [-0.2, 0) is 6.54 Å². The molecule has 0 bridgehead atoms. The standard InChI is InChI=1S/C14H20N2O/c1-2-3-6-10-16-12-13-7-4-5-8-14(13)17-11-9-15/h4-5,7-8,16H,2-3,6,10-12H2,1H3. The normalized spacial score (nSPS) is 9.88. The molecule has 1 aromatic rings. The van der Waals surface area contributed by atoms with Crippen LogP contribution in [0.3, 0.4) is 0 Å². The van der Waals surface area contributed by atoms with Gasteiger partial charge < -0.3 is 10.1 Å². The predicted molar refractivity (Wildman–Crippen MR) is 68.8 cm³/mol. The van der Waals surface area contributed by atoms with Gasteiger partial charge in [-0.05, 0) is 19.0 Å². The van der Waals surface area contributed by atoms with Crippen LogP contribution in [-0.4, -0.2) is 13.2 Å². The lowest BCUT2D eigenvalue weighted by molar-refractivity contribution is 0.362. The van der Waals surface area contributed by atoms with Crippen molar-refractivity contribution in [3.8, 4) is 11.8 Å². The number of hydrogen-bond acceptors (Lipinski definition) is 3. The van der Waals surface area contributed by atoms with E-state index in [1.54, 1.807) is 0 Å². The zero-order valence-corrected chi connectivity index (χ0v) is 10.4. The molecule has 0 spiro atoms. The van der Waals surface area contributed by atoms with Crippen molar-refractivity contribution in [3.05, 3.63) is 29.8 Å². The Morgan fingerprint density at radius 3 is 2.88 bits per heavy atom. The Bertz CT molecular complexity index is 357. The maximum Gasteiger partial charge on any atom is 0.174 e. The molecule has 0 atom stereocenters. The zero-order valence-electron chi connectivity index (χ0n) is 10.4. The molecule has 1 rings (SSSR count). The lowest BCUT2D eigenvalue weighted by atomic mass is 10.2. The fourth-order valence-corrected chi connectivity index (χ4v) is 1.62. The number of nitrogens with zero attached hydrogens (tertiary/aromatic N) is 1. The highest BCUT2D eigenvalue weighted by molar-refractivity contribution is 5.33. The molecule has 17 heavy (non-hydrogen) atoms. The molecule has 0 aliphatic rings. The topological polar surface area (TPSA) is 45.0 Å². The SMILES string of the molecule is CCCCCNCc1ccccc1OCC#N. The fourth-order valence-electron chi connectivity index (χ4n) is 1.62. The van der Waals surface area contributed by atoms with E-state index in [1.807, 2.05) is 30.3 Å². The maximum atomic E-state index is 8.50. The van der Waals surface area contributed by atoms with E-state index in [-0.39, 0.29) is 6.61 Å². The average Bonchev–Trinajstić information content (AvgIpc) is 2.37. The summed E-state index contributed by atoms with van der Waals surface area (Å²) in [5.74, 6) is 0.803. The van der Waals surface area contributed by atoms with Crippen LogP contribution in [0.25, 0.3) is 0 Å². The smallest absolute Gasteiger partial charge is 0.174 e. The second-order valence-electron chi connectivity index (χ2n) is 3.94. The summed E-state index contributed by atoms with van der Waals surface area (Å²) in [5.41, 5.74) is 1.11. The first-order chi connectivity index (χ1) is 8.38. The van der Waals surface area contributed by atoms with Crippen molar-refractivity contribution < 1.29 is 4.74 Å². The summed E-state index contributed by atoms with van der Waals surface area (Å²) in [6.07, 6.45) is 3.71. The van der Waals surface area contributed by atoms with Gasteiger partial charge in [0.2, 0.25) is 0 Å². The van der Waals surface area contributed by atoms with E-state index in [0.29, 0.717) is 0 Å². The molecule has 1 aromatic carbocycles. The summed E-state index contributed by atoms with van der Waals surface area (Å²) in [6.45, 7) is 4.13. The molecule has 92 valence electrons. The number of nitrogens with one attached hydrogen (secondary N) is 1. The number of nitriles is 1. The third-order valence-corrected chi connectivity index (χ3v) is 2.54. The van der Waals surface area contributed by atoms with E-state index in [1.165, 1.54) is 19.3 Å². The molecule has 0 radical (unpaired) electrons. The Hall–Kier alpha value is -1.53. The zero-order chi connectivity index (χ0) is 12.3. The van der Waals surface area contributed by atoms with Crippen molar-refractivity contribution in [2.75, 3.05) is 13.2 Å². The second kappa shape index (κ2) is 8.60. The third kappa shape index (κ3) is 5.37. The van der Waals surface area contributed by atoms with Gasteiger partial charge in [0.15, 0.2) is 6.61 Å². The van der Waals surface area contributed by atoms with Crippen molar-refractivity contribution in [1.29, 1.82) is 5.26 Å². The molecule has 0 aliphatic carbocycles. The number of benzene rings is 1. The molecule has 0 fully saturated rings. The Kier molecular flexibility index (Phi) is 6.85. The van der Waals surface area contributed by atoms with Crippen molar-refractivity contribution in [2.24, 2.45) is 0 Å². The van der Waals surface area contributed by atoms with Crippen molar-refractivity contribution in [1.82, 2.24) is 5.32 Å². The van der Waals surface area contributed by atoms with Gasteiger partial charge >= 0.3 is 0 Å². The molecule has 3 nitrogen and oxygen atoms in total. The average molecular weight is 232 g/mol. The highest BCUT2D eigenvalue weighted by atomic mass is 16.5. The highest BCUT2D eigenvalue weighted by Crippen LogP contribution is 2.17. The summed E-state index contributed by atoms with van der Waals surface area (Å²) < 4.78 is 5.36. The van der Waals surface area contributed by atoms with Crippen LogP contribution in [0.5, 0.6) is 5.75 Å². The number of unbranched alkanes of at least 4 members (excludes halogenated alkanes) is 2. The van der Waals surface area contributed by atoms with Gasteiger partial charge in [-0.1, -0.05) is 38.0 Å². The number of para-hydroxylation sites is 1. The third-order valence-electron chi connectivity index (χ3n) is 2.54. The summed E-state index contributed by atoms with van der Waals surface area (Å²) in [4.78, 5) is 0. The van der Waals surface area contributed by atoms with Crippen LogP contribution in [0, 0.1) is 11.3 Å². The summed E-state index contributed by atoms with van der Waals surface area (Å²) in [6, 6.07) is 9.83. The minimum atomic E-state index is 0.104. The fraction of sp³-hybridized carbons (Fsp3) is 0.500. The van der Waals surface area contributed by atoms with E-state index in [9.17, 15) is 0 Å². The van der Waals surface area contributed by atoms with Crippen LogP contribution in [0.15, 0.2) is 24.3 Å². The van der Waals surface area contributed by atoms with Crippen LogP contribution in [0.4, 0.5) is 0 Å². The van der Waals surface area contributed by atoms with Crippen molar-refractivity contribution in [3.63, 3.8) is 0 Å². The molecule has 0 unspecified atom stereocenters. The van der Waals surface area contributed by atoms with E-state index in [2.05, 4.69) is 12.2 Å². The molecule has 0 amide bonds. The second-order valence-corrected chi connectivity index (χ2v) is 3.94. The van der Waals surface area contributed by atoms with Crippen LogP contribution in [0.1, 0.15) is 31.7 Å². The number of ether oxygens (including phenoxy) is 1. The summed E-state index contributed by atoms with van der Waals surface area (Å²) in [5, 5.41) is 11.9. The number of hydrogen-bond donors (Lipinski definition) is 1. The quantitative estimate of drug-likeness (QED) is 0.701. The molecule has 0 aromatic heterocycles. The molecular weight excluding hydrogens is 212 g/mol. The number of rotatable bonds is 8. The van der Waals surface area contributed by atoms with Gasteiger partial charge in [0.1, 0.15) is 11.8 Å². The van der Waals surface area contributed by atoms with Crippen molar-refractivity contribution in [2.45, 2.75) is 32.7 Å². The highest BCUT2D eigenvalue weighted by Gasteiger charge is 2.01. The molecule has 3 heteroatoms. The molecule has 1 N–H and O–H groups in total.